The van der Waals surface area contributed by atoms with E-state index < -0.39 is 17.3 Å². The van der Waals surface area contributed by atoms with Crippen molar-refractivity contribution in [2.75, 3.05) is 31.6 Å². The number of hydrogen-bond acceptors (Lipinski definition) is 5. The first-order valence-corrected chi connectivity index (χ1v) is 10.1. The SMILES string of the molecule is O=C(Cn1nc(-c2ccccc2F)ccc1=O)Nc1ccc(C(=O)N2CCOCC2)cc1. The molecule has 2 aromatic carbocycles. The molecule has 0 spiro atoms. The molecule has 0 bridgehead atoms. The van der Waals surface area contributed by atoms with Crippen LogP contribution in [-0.2, 0) is 16.1 Å². The molecule has 1 N–H and O–H groups in total. The van der Waals surface area contributed by atoms with Crippen LogP contribution >= 0.6 is 0 Å². The van der Waals surface area contributed by atoms with E-state index in [1.807, 2.05) is 0 Å². The van der Waals surface area contributed by atoms with Gasteiger partial charge in [0.1, 0.15) is 12.4 Å². The third-order valence-electron chi connectivity index (χ3n) is 5.02. The number of nitrogens with zero attached hydrogens (tertiary/aromatic N) is 3. The Kier molecular flexibility index (Phi) is 6.37. The summed E-state index contributed by atoms with van der Waals surface area (Å²) in [6.07, 6.45) is 0. The highest BCUT2D eigenvalue weighted by Crippen LogP contribution is 2.19. The number of amides is 2. The van der Waals surface area contributed by atoms with Gasteiger partial charge in [-0.15, -0.1) is 0 Å². The number of hydrogen-bond donors (Lipinski definition) is 1. The van der Waals surface area contributed by atoms with Gasteiger partial charge in [0.15, 0.2) is 0 Å². The lowest BCUT2D eigenvalue weighted by Crippen LogP contribution is -2.40. The van der Waals surface area contributed by atoms with Crippen LogP contribution < -0.4 is 10.9 Å². The first kappa shape index (κ1) is 21.4. The Morgan fingerprint density at radius 2 is 1.72 bits per heavy atom. The minimum atomic E-state index is -0.480. The van der Waals surface area contributed by atoms with Crippen LogP contribution in [0.2, 0.25) is 0 Å². The van der Waals surface area contributed by atoms with Crippen LogP contribution in [-0.4, -0.2) is 52.8 Å². The highest BCUT2D eigenvalue weighted by Gasteiger charge is 2.18. The molecule has 1 fully saturated rings. The van der Waals surface area contributed by atoms with Crippen molar-refractivity contribution >= 4 is 17.5 Å². The molecule has 4 rings (SSSR count). The van der Waals surface area contributed by atoms with E-state index in [1.54, 1.807) is 47.4 Å². The van der Waals surface area contributed by atoms with E-state index in [1.165, 1.54) is 18.2 Å². The molecule has 0 aliphatic carbocycles. The quantitative estimate of drug-likeness (QED) is 0.662. The van der Waals surface area contributed by atoms with Gasteiger partial charge in [-0.05, 0) is 42.5 Å². The fourth-order valence-electron chi connectivity index (χ4n) is 3.36. The Morgan fingerprint density at radius 3 is 2.44 bits per heavy atom. The van der Waals surface area contributed by atoms with Crippen LogP contribution in [0.3, 0.4) is 0 Å². The van der Waals surface area contributed by atoms with Gasteiger partial charge in [-0.2, -0.15) is 5.10 Å². The molecular weight excluding hydrogens is 415 g/mol. The molecule has 0 unspecified atom stereocenters. The van der Waals surface area contributed by atoms with Gasteiger partial charge in [0.05, 0.1) is 18.9 Å². The van der Waals surface area contributed by atoms with Crippen LogP contribution in [0.5, 0.6) is 0 Å². The Bertz CT molecular complexity index is 1190. The number of ether oxygens (including phenoxy) is 1. The number of morpholine rings is 1. The molecule has 2 heterocycles. The molecule has 2 amide bonds. The molecule has 3 aromatic rings. The molecule has 32 heavy (non-hydrogen) atoms. The fraction of sp³-hybridized carbons (Fsp3) is 0.217. The Morgan fingerprint density at radius 1 is 1.00 bits per heavy atom. The zero-order valence-electron chi connectivity index (χ0n) is 17.2. The van der Waals surface area contributed by atoms with Crippen molar-refractivity contribution in [3.05, 3.63) is 82.4 Å². The summed E-state index contributed by atoms with van der Waals surface area (Å²) in [7, 11) is 0. The van der Waals surface area contributed by atoms with Gasteiger partial charge in [0, 0.05) is 36.0 Å². The molecule has 1 aliphatic heterocycles. The average molecular weight is 436 g/mol. The van der Waals surface area contributed by atoms with Crippen LogP contribution in [0, 0.1) is 5.82 Å². The summed E-state index contributed by atoms with van der Waals surface area (Å²) in [4.78, 5) is 38.8. The first-order chi connectivity index (χ1) is 15.5. The fourth-order valence-corrected chi connectivity index (χ4v) is 3.36. The molecule has 1 aliphatic rings. The van der Waals surface area contributed by atoms with Gasteiger partial charge in [-0.3, -0.25) is 14.4 Å². The summed E-state index contributed by atoms with van der Waals surface area (Å²) >= 11 is 0. The van der Waals surface area contributed by atoms with Crippen LogP contribution in [0.1, 0.15) is 10.4 Å². The summed E-state index contributed by atoms with van der Waals surface area (Å²) in [5.41, 5.74) is 1.00. The van der Waals surface area contributed by atoms with E-state index in [9.17, 15) is 18.8 Å². The normalized spacial score (nSPS) is 13.6. The van der Waals surface area contributed by atoms with Crippen molar-refractivity contribution in [2.45, 2.75) is 6.54 Å². The van der Waals surface area contributed by atoms with E-state index in [0.29, 0.717) is 37.6 Å². The standard InChI is InChI=1S/C23H21FN4O4/c24-19-4-2-1-3-18(19)20-9-10-22(30)28(26-20)15-21(29)25-17-7-5-16(6-8-17)23(31)27-11-13-32-14-12-27/h1-10H,11-15H2,(H,25,29). The lowest BCUT2D eigenvalue weighted by atomic mass is 10.1. The van der Waals surface area contributed by atoms with Gasteiger partial charge < -0.3 is 15.0 Å². The third-order valence-corrected chi connectivity index (χ3v) is 5.02. The second-order valence-corrected chi connectivity index (χ2v) is 7.22. The summed E-state index contributed by atoms with van der Waals surface area (Å²) in [5, 5.41) is 6.79. The maximum Gasteiger partial charge on any atom is 0.267 e. The smallest absolute Gasteiger partial charge is 0.267 e. The minimum Gasteiger partial charge on any atom is -0.378 e. The molecule has 0 saturated carbocycles. The zero-order valence-corrected chi connectivity index (χ0v) is 17.2. The molecule has 8 nitrogen and oxygen atoms in total. The van der Waals surface area contributed by atoms with Crippen molar-refractivity contribution in [1.29, 1.82) is 0 Å². The number of carbonyl (C=O) groups excluding carboxylic acids is 2. The Labute approximate surface area is 183 Å². The molecule has 9 heteroatoms. The van der Waals surface area contributed by atoms with Crippen LogP contribution in [0.4, 0.5) is 10.1 Å². The predicted octanol–water partition coefficient (Wildman–Crippen LogP) is 2.16. The predicted molar refractivity (Wildman–Crippen MR) is 116 cm³/mol. The molecule has 0 atom stereocenters. The maximum atomic E-state index is 14.0. The van der Waals surface area contributed by atoms with E-state index >= 15 is 0 Å². The van der Waals surface area contributed by atoms with E-state index in [4.69, 9.17) is 4.74 Å². The topological polar surface area (TPSA) is 93.5 Å². The number of nitrogens with one attached hydrogen (secondary N) is 1. The minimum absolute atomic E-state index is 0.0908. The van der Waals surface area contributed by atoms with Crippen LogP contribution in [0.25, 0.3) is 11.3 Å². The molecule has 1 saturated heterocycles. The van der Waals surface area contributed by atoms with Crippen LogP contribution in [0.15, 0.2) is 65.5 Å². The average Bonchev–Trinajstić information content (AvgIpc) is 2.81. The maximum absolute atomic E-state index is 14.0. The van der Waals surface area contributed by atoms with Crippen molar-refractivity contribution in [1.82, 2.24) is 14.7 Å². The summed E-state index contributed by atoms with van der Waals surface area (Å²) < 4.78 is 20.3. The largest absolute Gasteiger partial charge is 0.378 e. The summed E-state index contributed by atoms with van der Waals surface area (Å²) in [6.45, 7) is 1.79. The second-order valence-electron chi connectivity index (χ2n) is 7.22. The van der Waals surface area contributed by atoms with E-state index in [0.717, 1.165) is 4.68 Å². The highest BCUT2D eigenvalue weighted by molar-refractivity contribution is 5.95. The van der Waals surface area contributed by atoms with Crippen molar-refractivity contribution < 1.29 is 18.7 Å². The molecule has 0 radical (unpaired) electrons. The lowest BCUT2D eigenvalue weighted by Gasteiger charge is -2.26. The number of rotatable bonds is 5. The number of aromatic nitrogens is 2. The van der Waals surface area contributed by atoms with Gasteiger partial charge in [0.2, 0.25) is 5.91 Å². The monoisotopic (exact) mass is 436 g/mol. The summed E-state index contributed by atoms with van der Waals surface area (Å²) in [5.74, 6) is -1.04. The van der Waals surface area contributed by atoms with Gasteiger partial charge in [-0.1, -0.05) is 12.1 Å². The number of anilines is 1. The van der Waals surface area contributed by atoms with Crippen molar-refractivity contribution in [3.8, 4) is 11.3 Å². The third kappa shape index (κ3) is 4.89. The van der Waals surface area contributed by atoms with Gasteiger partial charge in [0.25, 0.3) is 11.5 Å². The zero-order chi connectivity index (χ0) is 22.5. The summed E-state index contributed by atoms with van der Waals surface area (Å²) in [6, 6.07) is 15.2. The highest BCUT2D eigenvalue weighted by atomic mass is 19.1. The Balaban J connectivity index is 1.42. The molecule has 164 valence electrons. The first-order valence-electron chi connectivity index (χ1n) is 10.1. The molecule has 1 aromatic heterocycles. The number of benzene rings is 2. The van der Waals surface area contributed by atoms with Gasteiger partial charge in [-0.25, -0.2) is 9.07 Å². The second kappa shape index (κ2) is 9.52. The van der Waals surface area contributed by atoms with E-state index in [2.05, 4.69) is 10.4 Å². The van der Waals surface area contributed by atoms with E-state index in [-0.39, 0.29) is 23.7 Å². The number of halogens is 1. The number of carbonyl (C=O) groups is 2. The van der Waals surface area contributed by atoms with Crippen molar-refractivity contribution in [2.24, 2.45) is 0 Å². The van der Waals surface area contributed by atoms with Gasteiger partial charge >= 0.3 is 0 Å². The Hall–Kier alpha value is -3.85. The molecular formula is C23H21FN4O4. The lowest BCUT2D eigenvalue weighted by molar-refractivity contribution is -0.117. The van der Waals surface area contributed by atoms with Crippen molar-refractivity contribution in [3.63, 3.8) is 0 Å².